The van der Waals surface area contributed by atoms with Gasteiger partial charge in [-0.3, -0.25) is 0 Å². The Morgan fingerprint density at radius 1 is 1.62 bits per heavy atom. The van der Waals surface area contributed by atoms with Gasteiger partial charge in [-0.15, -0.1) is 0 Å². The van der Waals surface area contributed by atoms with E-state index in [1.54, 1.807) is 6.07 Å². The number of nitriles is 1. The van der Waals surface area contributed by atoms with Gasteiger partial charge in [-0.05, 0) is 19.1 Å². The molecule has 0 amide bonds. The van der Waals surface area contributed by atoms with Crippen LogP contribution in [0.1, 0.15) is 12.5 Å². The summed E-state index contributed by atoms with van der Waals surface area (Å²) in [6.07, 6.45) is 7.81. The summed E-state index contributed by atoms with van der Waals surface area (Å²) in [5, 5.41) is 8.61. The molecule has 3 heteroatoms. The minimum absolute atomic E-state index is 0. The van der Waals surface area contributed by atoms with Gasteiger partial charge in [0.15, 0.2) is 18.9 Å². The van der Waals surface area contributed by atoms with E-state index in [1.807, 2.05) is 42.1 Å². The van der Waals surface area contributed by atoms with Gasteiger partial charge in [0, 0.05) is 6.07 Å². The number of halogens is 1. The number of aromatic nitrogens is 1. The van der Waals surface area contributed by atoms with E-state index < -0.39 is 0 Å². The molecule has 1 aromatic rings. The third kappa shape index (κ3) is 3.73. The first-order valence-electron chi connectivity index (χ1n) is 3.87. The Hall–Kier alpha value is -1.33. The predicted molar refractivity (Wildman–Crippen MR) is 46.2 cm³/mol. The fourth-order valence-electron chi connectivity index (χ4n) is 0.929. The molecule has 1 aromatic heterocycles. The van der Waals surface area contributed by atoms with Crippen molar-refractivity contribution in [3.63, 3.8) is 0 Å². The zero-order valence-corrected chi connectivity index (χ0v) is 8.20. The molecule has 0 saturated carbocycles. The third-order valence-electron chi connectivity index (χ3n) is 1.54. The maximum absolute atomic E-state index is 8.61. The number of nitrogens with zero attached hydrogens (tertiary/aromatic N) is 2. The molecule has 0 saturated heterocycles. The van der Waals surface area contributed by atoms with Gasteiger partial charge >= 0.3 is 0 Å². The number of hydrogen-bond acceptors (Lipinski definition) is 1. The molecule has 13 heavy (non-hydrogen) atoms. The summed E-state index contributed by atoms with van der Waals surface area (Å²) in [6, 6.07) is 5.77. The van der Waals surface area contributed by atoms with Crippen LogP contribution in [0.15, 0.2) is 36.7 Å². The normalized spacial score (nSPS) is 9.23. The zero-order chi connectivity index (χ0) is 8.81. The van der Waals surface area contributed by atoms with Crippen LogP contribution >= 0.6 is 0 Å². The molecule has 68 valence electrons. The van der Waals surface area contributed by atoms with Crippen molar-refractivity contribution in [1.29, 1.82) is 5.26 Å². The Balaban J connectivity index is 0.00000144. The standard InChI is InChI=1S/C10H11N2.ClH/c1-2-3-6-12-7-4-5-10(8-11)9-12;/h2-5,7,9H,6H2,1H3;1H/q+1;/p-1/b3-2+;. The second-order valence-electron chi connectivity index (χ2n) is 2.47. The van der Waals surface area contributed by atoms with Gasteiger partial charge in [-0.1, -0.05) is 6.08 Å². The minimum Gasteiger partial charge on any atom is -1.00 e. The van der Waals surface area contributed by atoms with Gasteiger partial charge < -0.3 is 12.4 Å². The monoisotopic (exact) mass is 194 g/mol. The molecule has 2 nitrogen and oxygen atoms in total. The van der Waals surface area contributed by atoms with Crippen LogP contribution in [0.4, 0.5) is 0 Å². The minimum atomic E-state index is 0. The summed E-state index contributed by atoms with van der Waals surface area (Å²) in [4.78, 5) is 0. The lowest BCUT2D eigenvalue weighted by atomic mass is 10.3. The van der Waals surface area contributed by atoms with Crippen LogP contribution in [0.2, 0.25) is 0 Å². The Labute approximate surface area is 84.5 Å². The number of rotatable bonds is 2. The van der Waals surface area contributed by atoms with Crippen molar-refractivity contribution in [1.82, 2.24) is 0 Å². The summed E-state index contributed by atoms with van der Waals surface area (Å²) in [6.45, 7) is 2.81. The summed E-state index contributed by atoms with van der Waals surface area (Å²) >= 11 is 0. The van der Waals surface area contributed by atoms with E-state index in [-0.39, 0.29) is 12.4 Å². The zero-order valence-electron chi connectivity index (χ0n) is 7.44. The molecule has 0 aliphatic rings. The Kier molecular flexibility index (Phi) is 5.58. The number of pyridine rings is 1. The molecule has 0 aliphatic heterocycles. The van der Waals surface area contributed by atoms with Crippen molar-refractivity contribution in [2.24, 2.45) is 0 Å². The second-order valence-corrected chi connectivity index (χ2v) is 2.47. The number of allylic oxidation sites excluding steroid dienone is 2. The van der Waals surface area contributed by atoms with Gasteiger partial charge in [0.1, 0.15) is 11.6 Å². The smallest absolute Gasteiger partial charge is 0.186 e. The molecular weight excluding hydrogens is 184 g/mol. The van der Waals surface area contributed by atoms with E-state index in [0.29, 0.717) is 5.56 Å². The fourth-order valence-corrected chi connectivity index (χ4v) is 0.929. The second kappa shape index (κ2) is 6.22. The first kappa shape index (κ1) is 11.7. The topological polar surface area (TPSA) is 27.7 Å². The molecule has 0 radical (unpaired) electrons. The van der Waals surface area contributed by atoms with Gasteiger partial charge in [0.2, 0.25) is 0 Å². The summed E-state index contributed by atoms with van der Waals surface area (Å²) in [7, 11) is 0. The van der Waals surface area contributed by atoms with Crippen molar-refractivity contribution in [3.8, 4) is 6.07 Å². The number of hydrogen-bond donors (Lipinski definition) is 0. The van der Waals surface area contributed by atoms with E-state index in [1.165, 1.54) is 0 Å². The van der Waals surface area contributed by atoms with Crippen molar-refractivity contribution in [2.45, 2.75) is 13.5 Å². The highest BCUT2D eigenvalue weighted by Gasteiger charge is 1.97. The first-order chi connectivity index (χ1) is 5.86. The Morgan fingerprint density at radius 2 is 2.38 bits per heavy atom. The van der Waals surface area contributed by atoms with Crippen molar-refractivity contribution in [3.05, 3.63) is 42.2 Å². The van der Waals surface area contributed by atoms with Crippen LogP contribution < -0.4 is 17.0 Å². The molecule has 0 N–H and O–H groups in total. The highest BCUT2D eigenvalue weighted by Crippen LogP contribution is 1.89. The molecule has 0 spiro atoms. The molecule has 0 bridgehead atoms. The molecule has 0 aromatic carbocycles. The van der Waals surface area contributed by atoms with Crippen LogP contribution in [0.3, 0.4) is 0 Å². The molecule has 1 heterocycles. The average Bonchev–Trinajstić information content (AvgIpc) is 2.15. The lowest BCUT2D eigenvalue weighted by Crippen LogP contribution is -3.00. The molecular formula is C10H11ClN2. The van der Waals surface area contributed by atoms with Gasteiger partial charge in [-0.2, -0.15) is 5.26 Å². The van der Waals surface area contributed by atoms with Crippen molar-refractivity contribution >= 4 is 0 Å². The van der Waals surface area contributed by atoms with E-state index in [4.69, 9.17) is 5.26 Å². The van der Waals surface area contributed by atoms with E-state index in [9.17, 15) is 0 Å². The van der Waals surface area contributed by atoms with E-state index in [2.05, 4.69) is 6.07 Å². The fraction of sp³-hybridized carbons (Fsp3) is 0.200. The van der Waals surface area contributed by atoms with Crippen LogP contribution in [-0.2, 0) is 6.54 Å². The summed E-state index contributed by atoms with van der Waals surface area (Å²) in [5.74, 6) is 0. The quantitative estimate of drug-likeness (QED) is 0.413. The van der Waals surface area contributed by atoms with E-state index in [0.717, 1.165) is 6.54 Å². The van der Waals surface area contributed by atoms with Crippen molar-refractivity contribution in [2.75, 3.05) is 0 Å². The largest absolute Gasteiger partial charge is 1.00 e. The molecule has 0 fully saturated rings. The first-order valence-corrected chi connectivity index (χ1v) is 3.87. The Bertz CT molecular complexity index is 326. The molecule has 0 atom stereocenters. The van der Waals surface area contributed by atoms with Gasteiger partial charge in [0.25, 0.3) is 0 Å². The SMILES string of the molecule is C/C=C/C[n+]1cccc(C#N)c1.[Cl-]. The lowest BCUT2D eigenvalue weighted by molar-refractivity contribution is -0.687. The third-order valence-corrected chi connectivity index (χ3v) is 1.54. The summed E-state index contributed by atoms with van der Waals surface area (Å²) in [5.41, 5.74) is 0.696. The maximum atomic E-state index is 8.61. The van der Waals surface area contributed by atoms with Gasteiger partial charge in [0.05, 0.1) is 0 Å². The van der Waals surface area contributed by atoms with Crippen LogP contribution in [0, 0.1) is 11.3 Å². The lowest BCUT2D eigenvalue weighted by Gasteiger charge is -1.90. The Morgan fingerprint density at radius 3 is 3.00 bits per heavy atom. The molecule has 1 rings (SSSR count). The van der Waals surface area contributed by atoms with Crippen LogP contribution in [0.25, 0.3) is 0 Å². The van der Waals surface area contributed by atoms with E-state index >= 15 is 0 Å². The maximum Gasteiger partial charge on any atom is 0.186 e. The van der Waals surface area contributed by atoms with Gasteiger partial charge in [-0.25, -0.2) is 4.57 Å². The molecule has 0 aliphatic carbocycles. The van der Waals surface area contributed by atoms with Crippen LogP contribution in [-0.4, -0.2) is 0 Å². The predicted octanol–water partition coefficient (Wildman–Crippen LogP) is -1.57. The highest BCUT2D eigenvalue weighted by atomic mass is 35.5. The molecule has 0 unspecified atom stereocenters. The average molecular weight is 195 g/mol. The summed E-state index contributed by atoms with van der Waals surface area (Å²) < 4.78 is 1.97. The van der Waals surface area contributed by atoms with Crippen molar-refractivity contribution < 1.29 is 17.0 Å². The highest BCUT2D eigenvalue weighted by molar-refractivity contribution is 5.21. The van der Waals surface area contributed by atoms with Crippen LogP contribution in [0.5, 0.6) is 0 Å².